The van der Waals surface area contributed by atoms with E-state index in [4.69, 9.17) is 4.74 Å². The van der Waals surface area contributed by atoms with E-state index in [1.54, 1.807) is 36.4 Å². The van der Waals surface area contributed by atoms with Crippen molar-refractivity contribution in [3.05, 3.63) is 64.7 Å². The molecule has 0 unspecified atom stereocenters. The molecule has 1 heterocycles. The normalized spacial score (nSPS) is 16.1. The molecule has 0 spiro atoms. The lowest BCUT2D eigenvalue weighted by molar-refractivity contribution is -0.138. The van der Waals surface area contributed by atoms with Gasteiger partial charge < -0.3 is 9.84 Å². The smallest absolute Gasteiger partial charge is 0.314 e. The SMILES string of the molecule is Cc1cc(C(=O)c2ccccc2)c2c(c1)[C@H](C(=O)O)CO2. The van der Waals surface area contributed by atoms with Crippen LogP contribution in [0, 0.1) is 6.92 Å². The van der Waals surface area contributed by atoms with E-state index in [-0.39, 0.29) is 12.4 Å². The molecule has 21 heavy (non-hydrogen) atoms. The van der Waals surface area contributed by atoms with Gasteiger partial charge in [-0.15, -0.1) is 0 Å². The van der Waals surface area contributed by atoms with E-state index >= 15 is 0 Å². The highest BCUT2D eigenvalue weighted by Gasteiger charge is 2.33. The summed E-state index contributed by atoms with van der Waals surface area (Å²) in [7, 11) is 0. The largest absolute Gasteiger partial charge is 0.491 e. The van der Waals surface area contributed by atoms with E-state index in [0.717, 1.165) is 5.56 Å². The van der Waals surface area contributed by atoms with Crippen LogP contribution in [0.5, 0.6) is 5.75 Å². The van der Waals surface area contributed by atoms with Crippen molar-refractivity contribution in [2.75, 3.05) is 6.61 Å². The zero-order valence-electron chi connectivity index (χ0n) is 11.5. The van der Waals surface area contributed by atoms with Crippen LogP contribution in [0.15, 0.2) is 42.5 Å². The predicted octanol–water partition coefficient (Wildman–Crippen LogP) is 2.79. The van der Waals surface area contributed by atoms with Gasteiger partial charge >= 0.3 is 5.97 Å². The molecule has 2 aromatic carbocycles. The van der Waals surface area contributed by atoms with Crippen molar-refractivity contribution in [3.8, 4) is 5.75 Å². The molecule has 3 rings (SSSR count). The topological polar surface area (TPSA) is 63.6 Å². The van der Waals surface area contributed by atoms with Crippen molar-refractivity contribution in [3.63, 3.8) is 0 Å². The van der Waals surface area contributed by atoms with Crippen LogP contribution in [0.1, 0.15) is 33.0 Å². The molecule has 0 bridgehead atoms. The van der Waals surface area contributed by atoms with E-state index in [2.05, 4.69) is 0 Å². The molecule has 2 aromatic rings. The Bertz CT molecular complexity index is 719. The quantitative estimate of drug-likeness (QED) is 0.879. The summed E-state index contributed by atoms with van der Waals surface area (Å²) in [5, 5.41) is 9.23. The number of aliphatic carboxylic acids is 1. The molecule has 4 nitrogen and oxygen atoms in total. The number of carboxylic acids is 1. The lowest BCUT2D eigenvalue weighted by Crippen LogP contribution is -2.12. The summed E-state index contributed by atoms with van der Waals surface area (Å²) in [5.74, 6) is -1.39. The van der Waals surface area contributed by atoms with Crippen LogP contribution in [-0.2, 0) is 4.79 Å². The molecule has 106 valence electrons. The number of hydrogen-bond acceptors (Lipinski definition) is 3. The minimum atomic E-state index is -0.933. The van der Waals surface area contributed by atoms with Crippen molar-refractivity contribution in [2.24, 2.45) is 0 Å². The minimum Gasteiger partial charge on any atom is -0.491 e. The number of benzene rings is 2. The molecule has 0 radical (unpaired) electrons. The van der Waals surface area contributed by atoms with Crippen LogP contribution < -0.4 is 4.74 Å². The van der Waals surface area contributed by atoms with Gasteiger partial charge in [-0.25, -0.2) is 0 Å². The van der Waals surface area contributed by atoms with Gasteiger partial charge in [0.15, 0.2) is 5.78 Å². The van der Waals surface area contributed by atoms with Gasteiger partial charge in [-0.05, 0) is 18.6 Å². The van der Waals surface area contributed by atoms with Crippen LogP contribution in [0.2, 0.25) is 0 Å². The number of fused-ring (bicyclic) bond motifs is 1. The van der Waals surface area contributed by atoms with E-state index < -0.39 is 11.9 Å². The van der Waals surface area contributed by atoms with Gasteiger partial charge in [-0.1, -0.05) is 36.4 Å². The number of carbonyl (C=O) groups excluding carboxylic acids is 1. The summed E-state index contributed by atoms with van der Waals surface area (Å²) in [6.07, 6.45) is 0. The Balaban J connectivity index is 2.11. The Morgan fingerprint density at radius 2 is 1.90 bits per heavy atom. The van der Waals surface area contributed by atoms with Gasteiger partial charge in [0.25, 0.3) is 0 Å². The molecule has 0 saturated heterocycles. The van der Waals surface area contributed by atoms with Gasteiger partial charge in [0.05, 0.1) is 5.56 Å². The summed E-state index contributed by atoms with van der Waals surface area (Å²) in [6, 6.07) is 12.4. The van der Waals surface area contributed by atoms with Crippen LogP contribution in [0.3, 0.4) is 0 Å². The molecule has 1 atom stereocenters. The maximum Gasteiger partial charge on any atom is 0.314 e. The molecule has 0 fully saturated rings. The maximum absolute atomic E-state index is 12.6. The Hall–Kier alpha value is -2.62. The Kier molecular flexibility index (Phi) is 3.22. The molecule has 0 saturated carbocycles. The lowest BCUT2D eigenvalue weighted by atomic mass is 9.93. The third-order valence-electron chi connectivity index (χ3n) is 3.61. The van der Waals surface area contributed by atoms with E-state index in [9.17, 15) is 14.7 Å². The minimum absolute atomic E-state index is 0.0726. The first-order valence-electron chi connectivity index (χ1n) is 6.68. The first kappa shape index (κ1) is 13.4. The van der Waals surface area contributed by atoms with Crippen molar-refractivity contribution >= 4 is 11.8 Å². The maximum atomic E-state index is 12.6. The zero-order chi connectivity index (χ0) is 15.0. The fourth-order valence-corrected chi connectivity index (χ4v) is 2.60. The third kappa shape index (κ3) is 2.29. The second-order valence-electron chi connectivity index (χ2n) is 5.13. The predicted molar refractivity (Wildman–Crippen MR) is 76.9 cm³/mol. The number of ether oxygens (including phenoxy) is 1. The molecule has 0 amide bonds. The standard InChI is InChI=1S/C17H14O4/c1-10-7-12-14(17(19)20)9-21-16(12)13(8-10)15(18)11-5-3-2-4-6-11/h2-8,14H,9H2,1H3,(H,19,20)/t14-/m1/s1. The highest BCUT2D eigenvalue weighted by atomic mass is 16.5. The monoisotopic (exact) mass is 282 g/mol. The number of aryl methyl sites for hydroxylation is 1. The van der Waals surface area contributed by atoms with Crippen molar-refractivity contribution in [1.82, 2.24) is 0 Å². The fourth-order valence-electron chi connectivity index (χ4n) is 2.60. The Labute approximate surface area is 122 Å². The summed E-state index contributed by atoms with van der Waals surface area (Å²) in [4.78, 5) is 23.9. The molecular formula is C17H14O4. The van der Waals surface area contributed by atoms with Crippen LogP contribution in [0.4, 0.5) is 0 Å². The number of carbonyl (C=O) groups is 2. The zero-order valence-corrected chi connectivity index (χ0v) is 11.5. The number of rotatable bonds is 3. The van der Waals surface area contributed by atoms with E-state index in [1.165, 1.54) is 0 Å². The van der Waals surface area contributed by atoms with Gasteiger partial charge in [0.2, 0.25) is 0 Å². The van der Waals surface area contributed by atoms with Gasteiger partial charge in [0.1, 0.15) is 18.3 Å². The van der Waals surface area contributed by atoms with E-state index in [1.807, 2.05) is 13.0 Å². The first-order valence-corrected chi connectivity index (χ1v) is 6.68. The van der Waals surface area contributed by atoms with Crippen LogP contribution >= 0.6 is 0 Å². The molecule has 1 aliphatic rings. The summed E-state index contributed by atoms with van der Waals surface area (Å²) < 4.78 is 5.50. The second-order valence-corrected chi connectivity index (χ2v) is 5.13. The number of ketones is 1. The van der Waals surface area contributed by atoms with Gasteiger partial charge in [-0.2, -0.15) is 0 Å². The van der Waals surface area contributed by atoms with E-state index in [0.29, 0.717) is 22.4 Å². The van der Waals surface area contributed by atoms with Crippen molar-refractivity contribution in [2.45, 2.75) is 12.8 Å². The van der Waals surface area contributed by atoms with Crippen LogP contribution in [0.25, 0.3) is 0 Å². The average Bonchev–Trinajstić information content (AvgIpc) is 2.90. The van der Waals surface area contributed by atoms with Crippen LogP contribution in [-0.4, -0.2) is 23.5 Å². The third-order valence-corrected chi connectivity index (χ3v) is 3.61. The lowest BCUT2D eigenvalue weighted by Gasteiger charge is -2.09. The van der Waals surface area contributed by atoms with Crippen molar-refractivity contribution in [1.29, 1.82) is 0 Å². The molecule has 0 aromatic heterocycles. The molecular weight excluding hydrogens is 268 g/mol. The van der Waals surface area contributed by atoms with Gasteiger partial charge in [0, 0.05) is 11.1 Å². The average molecular weight is 282 g/mol. The second kappa shape index (κ2) is 5.05. The fraction of sp³-hybridized carbons (Fsp3) is 0.176. The molecule has 1 N–H and O–H groups in total. The van der Waals surface area contributed by atoms with Crippen molar-refractivity contribution < 1.29 is 19.4 Å². The number of carboxylic acid groups (broad SMARTS) is 1. The summed E-state index contributed by atoms with van der Waals surface area (Å²) in [6.45, 7) is 1.92. The highest BCUT2D eigenvalue weighted by molar-refractivity contribution is 6.11. The number of hydrogen-bond donors (Lipinski definition) is 1. The molecule has 0 aliphatic carbocycles. The Morgan fingerprint density at radius 1 is 1.19 bits per heavy atom. The summed E-state index contributed by atoms with van der Waals surface area (Å²) in [5.41, 5.74) is 2.43. The van der Waals surface area contributed by atoms with Gasteiger partial charge in [-0.3, -0.25) is 9.59 Å². The molecule has 1 aliphatic heterocycles. The Morgan fingerprint density at radius 3 is 2.57 bits per heavy atom. The summed E-state index contributed by atoms with van der Waals surface area (Å²) >= 11 is 0. The highest BCUT2D eigenvalue weighted by Crippen LogP contribution is 2.38. The molecule has 4 heteroatoms. The first-order chi connectivity index (χ1) is 10.1.